The Kier molecular flexibility index (Phi) is 6.14. The van der Waals surface area contributed by atoms with Crippen molar-refractivity contribution in [3.63, 3.8) is 0 Å². The Morgan fingerprint density at radius 2 is 1.56 bits per heavy atom. The van der Waals surface area contributed by atoms with Gasteiger partial charge in [-0.25, -0.2) is 31.7 Å². The van der Waals surface area contributed by atoms with Crippen molar-refractivity contribution in [3.05, 3.63) is 80.4 Å². The third kappa shape index (κ3) is 3.93. The van der Waals surface area contributed by atoms with E-state index in [1.54, 1.807) is 0 Å². The molecule has 0 fully saturated rings. The van der Waals surface area contributed by atoms with Crippen molar-refractivity contribution < 1.29 is 40.3 Å². The Bertz CT molecular complexity index is 1460. The molecule has 0 aliphatic heterocycles. The molecule has 4 rings (SSSR count). The zero-order valence-corrected chi connectivity index (χ0v) is 18.8. The SMILES string of the molecule is Cn1cnc2c(F)c(Nc3ccc(I)cc3F)c(C(=O)Oc3c(F)c(F)c(F)c(F)c3F)cc21. The van der Waals surface area contributed by atoms with E-state index in [2.05, 4.69) is 15.0 Å². The molecular weight excluding hydrogens is 586 g/mol. The highest BCUT2D eigenvalue weighted by molar-refractivity contribution is 14.1. The van der Waals surface area contributed by atoms with Gasteiger partial charge in [0.25, 0.3) is 0 Å². The zero-order valence-electron chi connectivity index (χ0n) is 16.6. The van der Waals surface area contributed by atoms with E-state index in [9.17, 15) is 31.1 Å². The lowest BCUT2D eigenvalue weighted by molar-refractivity contribution is 0.0716. The summed E-state index contributed by atoms with van der Waals surface area (Å²) in [4.78, 5) is 16.6. The van der Waals surface area contributed by atoms with E-state index in [-0.39, 0.29) is 16.7 Å². The number of carbonyl (C=O) groups is 1. The summed E-state index contributed by atoms with van der Waals surface area (Å²) in [7, 11) is 1.44. The molecule has 1 aromatic heterocycles. The topological polar surface area (TPSA) is 56.2 Å². The molecule has 5 nitrogen and oxygen atoms in total. The van der Waals surface area contributed by atoms with Crippen LogP contribution in [0.15, 0.2) is 30.6 Å². The number of halogens is 8. The van der Waals surface area contributed by atoms with E-state index in [0.717, 1.165) is 12.1 Å². The van der Waals surface area contributed by atoms with E-state index >= 15 is 4.39 Å². The first-order valence-corrected chi connectivity index (χ1v) is 10.2. The van der Waals surface area contributed by atoms with Crippen LogP contribution in [0, 0.1) is 44.3 Å². The van der Waals surface area contributed by atoms with Gasteiger partial charge in [-0.3, -0.25) is 0 Å². The second kappa shape index (κ2) is 8.77. The van der Waals surface area contributed by atoms with Crippen LogP contribution in [0.2, 0.25) is 0 Å². The fourth-order valence-electron chi connectivity index (χ4n) is 3.06. The van der Waals surface area contributed by atoms with Gasteiger partial charge in [0.05, 0.1) is 28.8 Å². The molecule has 4 aromatic rings. The largest absolute Gasteiger partial charge is 0.416 e. The van der Waals surface area contributed by atoms with Crippen LogP contribution in [0.1, 0.15) is 10.4 Å². The molecule has 1 N–H and O–H groups in total. The summed E-state index contributed by atoms with van der Waals surface area (Å²) in [5.41, 5.74) is -1.92. The Morgan fingerprint density at radius 1 is 0.941 bits per heavy atom. The van der Waals surface area contributed by atoms with Crippen LogP contribution in [-0.2, 0) is 7.05 Å². The van der Waals surface area contributed by atoms with Crippen LogP contribution < -0.4 is 10.1 Å². The molecule has 0 unspecified atom stereocenters. The van der Waals surface area contributed by atoms with E-state index in [0.29, 0.717) is 3.57 Å². The Balaban J connectivity index is 1.87. The number of nitrogens with one attached hydrogen (secondary N) is 1. The lowest BCUT2D eigenvalue weighted by Gasteiger charge is -2.15. The fraction of sp³-hybridized carbons (Fsp3) is 0.0476. The van der Waals surface area contributed by atoms with Crippen molar-refractivity contribution in [2.24, 2.45) is 7.05 Å². The number of hydrogen-bond acceptors (Lipinski definition) is 4. The molecule has 0 saturated carbocycles. The number of aryl methyl sites for hydroxylation is 1. The second-order valence-corrected chi connectivity index (χ2v) is 8.12. The number of fused-ring (bicyclic) bond motifs is 1. The van der Waals surface area contributed by atoms with Crippen LogP contribution in [-0.4, -0.2) is 15.5 Å². The van der Waals surface area contributed by atoms with Gasteiger partial charge in [0.15, 0.2) is 5.82 Å². The smallest absolute Gasteiger partial charge is 0.346 e. The number of benzene rings is 3. The highest BCUT2D eigenvalue weighted by Gasteiger charge is 2.31. The molecule has 0 saturated heterocycles. The molecule has 176 valence electrons. The molecular formula is C21H9F7IN3O2. The number of ether oxygens (including phenoxy) is 1. The van der Waals surface area contributed by atoms with Gasteiger partial charge in [-0.05, 0) is 46.9 Å². The average Bonchev–Trinajstić information content (AvgIpc) is 3.17. The summed E-state index contributed by atoms with van der Waals surface area (Å²) >= 11 is 1.83. The van der Waals surface area contributed by atoms with Gasteiger partial charge in [0.1, 0.15) is 11.3 Å². The van der Waals surface area contributed by atoms with E-state index in [1.807, 2.05) is 22.6 Å². The number of rotatable bonds is 4. The molecule has 1 heterocycles. The average molecular weight is 595 g/mol. The Morgan fingerprint density at radius 3 is 2.18 bits per heavy atom. The predicted octanol–water partition coefficient (Wildman–Crippen LogP) is 6.11. The standard InChI is InChI=1S/C21H9F7IN3O2/c1-32-6-30-19-11(32)5-8(18(17(19)28)31-10-3-2-7(29)4-9(10)22)21(33)34-20-15(26)13(24)12(23)14(25)16(20)27/h2-6,31H,1H3. The minimum absolute atomic E-state index is 0.0236. The van der Waals surface area contributed by atoms with Gasteiger partial charge < -0.3 is 14.6 Å². The number of carbonyl (C=O) groups excluding carboxylic acids is 1. The molecule has 0 bridgehead atoms. The van der Waals surface area contributed by atoms with E-state index < -0.39 is 63.7 Å². The van der Waals surface area contributed by atoms with Crippen LogP contribution in [0.5, 0.6) is 5.75 Å². The summed E-state index contributed by atoms with van der Waals surface area (Å²) in [5, 5.41) is 2.37. The van der Waals surface area contributed by atoms with Gasteiger partial charge in [-0.2, -0.15) is 8.78 Å². The molecule has 3 aromatic carbocycles. The Hall–Kier alpha value is -3.36. The number of esters is 1. The summed E-state index contributed by atoms with van der Waals surface area (Å²) in [6, 6.07) is 4.81. The third-order valence-corrected chi connectivity index (χ3v) is 5.41. The van der Waals surface area contributed by atoms with Gasteiger partial charge in [-0.15, -0.1) is 0 Å². The lowest BCUT2D eigenvalue weighted by atomic mass is 10.1. The number of nitrogens with zero attached hydrogens (tertiary/aromatic N) is 2. The summed E-state index contributed by atoms with van der Waals surface area (Å²) in [6.45, 7) is 0. The lowest BCUT2D eigenvalue weighted by Crippen LogP contribution is -2.16. The van der Waals surface area contributed by atoms with Crippen LogP contribution in [0.4, 0.5) is 42.1 Å². The molecule has 0 amide bonds. The molecule has 0 radical (unpaired) electrons. The molecule has 0 spiro atoms. The third-order valence-electron chi connectivity index (χ3n) is 4.74. The zero-order chi connectivity index (χ0) is 24.9. The molecule has 0 aliphatic carbocycles. The van der Waals surface area contributed by atoms with Crippen LogP contribution in [0.3, 0.4) is 0 Å². The molecule has 34 heavy (non-hydrogen) atoms. The first kappa shape index (κ1) is 23.8. The number of anilines is 2. The van der Waals surface area contributed by atoms with Crippen molar-refractivity contribution in [2.75, 3.05) is 5.32 Å². The summed E-state index contributed by atoms with van der Waals surface area (Å²) in [6.07, 6.45) is 1.20. The fourth-order valence-corrected chi connectivity index (χ4v) is 3.51. The van der Waals surface area contributed by atoms with Gasteiger partial charge in [0.2, 0.25) is 34.8 Å². The van der Waals surface area contributed by atoms with Crippen LogP contribution >= 0.6 is 22.6 Å². The summed E-state index contributed by atoms with van der Waals surface area (Å²) in [5.74, 6) is -17.5. The quantitative estimate of drug-likeness (QED) is 0.0773. The number of imidazole rings is 1. The van der Waals surface area contributed by atoms with E-state index in [1.165, 1.54) is 30.1 Å². The molecule has 13 heteroatoms. The molecule has 0 aliphatic rings. The minimum atomic E-state index is -2.45. The second-order valence-electron chi connectivity index (χ2n) is 6.87. The van der Waals surface area contributed by atoms with Gasteiger partial charge >= 0.3 is 5.97 Å². The van der Waals surface area contributed by atoms with Crippen molar-refractivity contribution in [1.82, 2.24) is 9.55 Å². The van der Waals surface area contributed by atoms with Crippen molar-refractivity contribution in [1.29, 1.82) is 0 Å². The number of aromatic nitrogens is 2. The van der Waals surface area contributed by atoms with Crippen molar-refractivity contribution in [3.8, 4) is 5.75 Å². The maximum Gasteiger partial charge on any atom is 0.346 e. The first-order chi connectivity index (χ1) is 16.0. The Labute approximate surface area is 199 Å². The highest BCUT2D eigenvalue weighted by Crippen LogP contribution is 2.34. The number of hydrogen-bond donors (Lipinski definition) is 1. The molecule has 0 atom stereocenters. The minimum Gasteiger partial charge on any atom is -0.416 e. The van der Waals surface area contributed by atoms with Gasteiger partial charge in [0, 0.05) is 10.6 Å². The predicted molar refractivity (Wildman–Crippen MR) is 114 cm³/mol. The monoisotopic (exact) mass is 595 g/mol. The van der Waals surface area contributed by atoms with Gasteiger partial charge in [-0.1, -0.05) is 0 Å². The van der Waals surface area contributed by atoms with E-state index in [4.69, 9.17) is 0 Å². The maximum absolute atomic E-state index is 15.3. The first-order valence-electron chi connectivity index (χ1n) is 9.10. The van der Waals surface area contributed by atoms with Crippen LogP contribution in [0.25, 0.3) is 11.0 Å². The maximum atomic E-state index is 15.3. The highest BCUT2D eigenvalue weighted by atomic mass is 127. The normalized spacial score (nSPS) is 11.2. The summed E-state index contributed by atoms with van der Waals surface area (Å²) < 4.78 is 104. The van der Waals surface area contributed by atoms with Crippen molar-refractivity contribution >= 4 is 51.0 Å². The van der Waals surface area contributed by atoms with Crippen molar-refractivity contribution in [2.45, 2.75) is 0 Å².